The van der Waals surface area contributed by atoms with Crippen molar-refractivity contribution in [2.75, 3.05) is 33.2 Å². The molecule has 3 rings (SSSR count). The Morgan fingerprint density at radius 3 is 2.60 bits per heavy atom. The van der Waals surface area contributed by atoms with Gasteiger partial charge in [-0.1, -0.05) is 23.7 Å². The van der Waals surface area contributed by atoms with Gasteiger partial charge in [-0.15, -0.1) is 0 Å². The van der Waals surface area contributed by atoms with Crippen LogP contribution >= 0.6 is 11.6 Å². The average Bonchev–Trinajstić information content (AvgIpc) is 3.16. The molecule has 5 heteroatoms. The highest BCUT2D eigenvalue weighted by Gasteiger charge is 2.23. The molecule has 1 saturated heterocycles. The van der Waals surface area contributed by atoms with Gasteiger partial charge in [0.15, 0.2) is 5.76 Å². The Labute approximate surface area is 154 Å². The Bertz CT molecular complexity index is 662. The van der Waals surface area contributed by atoms with E-state index in [0.717, 1.165) is 50.5 Å². The molecular weight excluding hydrogens is 336 g/mol. The number of rotatable bonds is 6. The van der Waals surface area contributed by atoms with Crippen molar-refractivity contribution in [2.45, 2.75) is 19.3 Å². The second kappa shape index (κ2) is 8.54. The number of carbonyl (C=O) groups is 1. The van der Waals surface area contributed by atoms with Crippen molar-refractivity contribution < 1.29 is 9.21 Å². The largest absolute Gasteiger partial charge is 0.459 e. The van der Waals surface area contributed by atoms with Gasteiger partial charge in [-0.3, -0.25) is 4.79 Å². The SMILES string of the molecule is CN(CC1CCN(CCc2ccc(Cl)cc2)CC1)C(=O)c1ccco1. The number of benzene rings is 1. The van der Waals surface area contributed by atoms with Gasteiger partial charge in [0, 0.05) is 25.2 Å². The minimum absolute atomic E-state index is 0.0323. The number of hydrogen-bond acceptors (Lipinski definition) is 3. The first-order valence-corrected chi connectivity index (χ1v) is 9.25. The highest BCUT2D eigenvalue weighted by atomic mass is 35.5. The molecule has 0 N–H and O–H groups in total. The standard InChI is InChI=1S/C20H25ClN2O2/c1-22(20(24)19-3-2-14-25-19)15-17-9-12-23(13-10-17)11-8-16-4-6-18(21)7-5-16/h2-7,14,17H,8-13,15H2,1H3. The topological polar surface area (TPSA) is 36.7 Å². The van der Waals surface area contributed by atoms with Crippen molar-refractivity contribution in [1.82, 2.24) is 9.80 Å². The van der Waals surface area contributed by atoms with Crippen molar-refractivity contribution in [1.29, 1.82) is 0 Å². The summed E-state index contributed by atoms with van der Waals surface area (Å²) >= 11 is 5.93. The van der Waals surface area contributed by atoms with Crippen LogP contribution in [0.2, 0.25) is 5.02 Å². The van der Waals surface area contributed by atoms with Gasteiger partial charge in [-0.05, 0) is 68.1 Å². The summed E-state index contributed by atoms with van der Waals surface area (Å²) in [5, 5.41) is 0.790. The maximum absolute atomic E-state index is 12.2. The van der Waals surface area contributed by atoms with Gasteiger partial charge < -0.3 is 14.2 Å². The van der Waals surface area contributed by atoms with E-state index in [1.807, 2.05) is 19.2 Å². The van der Waals surface area contributed by atoms with Crippen molar-refractivity contribution in [3.63, 3.8) is 0 Å². The summed E-state index contributed by atoms with van der Waals surface area (Å²) in [7, 11) is 1.86. The molecule has 0 bridgehead atoms. The third-order valence-corrected chi connectivity index (χ3v) is 5.20. The van der Waals surface area contributed by atoms with E-state index in [4.69, 9.17) is 16.0 Å². The molecule has 0 unspecified atom stereocenters. The van der Waals surface area contributed by atoms with Crippen LogP contribution in [0.5, 0.6) is 0 Å². The van der Waals surface area contributed by atoms with Gasteiger partial charge in [0.25, 0.3) is 5.91 Å². The fourth-order valence-corrected chi connectivity index (χ4v) is 3.52. The van der Waals surface area contributed by atoms with Crippen LogP contribution in [0.25, 0.3) is 0 Å². The zero-order valence-electron chi connectivity index (χ0n) is 14.7. The van der Waals surface area contributed by atoms with Gasteiger partial charge in [0.05, 0.1) is 6.26 Å². The lowest BCUT2D eigenvalue weighted by atomic mass is 9.96. The summed E-state index contributed by atoms with van der Waals surface area (Å²) in [5.74, 6) is 0.953. The summed E-state index contributed by atoms with van der Waals surface area (Å²) < 4.78 is 5.20. The molecule has 4 nitrogen and oxygen atoms in total. The summed E-state index contributed by atoms with van der Waals surface area (Å²) in [6.45, 7) is 4.07. The number of likely N-dealkylation sites (tertiary alicyclic amines) is 1. The number of amides is 1. The second-order valence-corrected chi connectivity index (χ2v) is 7.26. The molecule has 2 heterocycles. The van der Waals surface area contributed by atoms with E-state index in [0.29, 0.717) is 11.7 Å². The van der Waals surface area contributed by atoms with Gasteiger partial charge in [0.2, 0.25) is 0 Å². The van der Waals surface area contributed by atoms with Gasteiger partial charge in [-0.2, -0.15) is 0 Å². The molecule has 0 aliphatic carbocycles. The molecule has 1 amide bonds. The second-order valence-electron chi connectivity index (χ2n) is 6.82. The van der Waals surface area contributed by atoms with Crippen LogP contribution in [0.4, 0.5) is 0 Å². The molecular formula is C20H25ClN2O2. The van der Waals surface area contributed by atoms with E-state index in [2.05, 4.69) is 17.0 Å². The molecule has 0 saturated carbocycles. The maximum Gasteiger partial charge on any atom is 0.289 e. The lowest BCUT2D eigenvalue weighted by Gasteiger charge is -2.33. The average molecular weight is 361 g/mol. The number of hydrogen-bond donors (Lipinski definition) is 0. The van der Waals surface area contributed by atoms with Crippen molar-refractivity contribution in [3.05, 3.63) is 59.0 Å². The first-order chi connectivity index (χ1) is 12.1. The van der Waals surface area contributed by atoms with Crippen LogP contribution < -0.4 is 0 Å². The first-order valence-electron chi connectivity index (χ1n) is 8.87. The normalized spacial score (nSPS) is 16.1. The molecule has 1 aromatic carbocycles. The number of halogens is 1. The molecule has 1 aliphatic heterocycles. The van der Waals surface area contributed by atoms with Crippen molar-refractivity contribution >= 4 is 17.5 Å². The Balaban J connectivity index is 1.39. The minimum Gasteiger partial charge on any atom is -0.459 e. The van der Waals surface area contributed by atoms with Crippen LogP contribution in [0.15, 0.2) is 47.1 Å². The third kappa shape index (κ3) is 5.10. The molecule has 0 atom stereocenters. The fourth-order valence-electron chi connectivity index (χ4n) is 3.39. The van der Waals surface area contributed by atoms with Crippen LogP contribution in [-0.2, 0) is 6.42 Å². The summed E-state index contributed by atoms with van der Waals surface area (Å²) in [5.41, 5.74) is 1.33. The zero-order valence-corrected chi connectivity index (χ0v) is 15.4. The highest BCUT2D eigenvalue weighted by molar-refractivity contribution is 6.30. The van der Waals surface area contributed by atoms with Crippen molar-refractivity contribution in [2.24, 2.45) is 5.92 Å². The summed E-state index contributed by atoms with van der Waals surface area (Å²) in [6.07, 6.45) is 4.87. The lowest BCUT2D eigenvalue weighted by molar-refractivity contribution is 0.0709. The van der Waals surface area contributed by atoms with E-state index < -0.39 is 0 Å². The number of furan rings is 1. The third-order valence-electron chi connectivity index (χ3n) is 4.95. The number of piperidine rings is 1. The molecule has 0 spiro atoms. The van der Waals surface area contributed by atoms with Crippen LogP contribution in [0.1, 0.15) is 29.0 Å². The predicted molar refractivity (Wildman–Crippen MR) is 100.0 cm³/mol. The molecule has 134 valence electrons. The van der Waals surface area contributed by atoms with Crippen LogP contribution in [-0.4, -0.2) is 48.9 Å². The number of carbonyl (C=O) groups excluding carboxylic acids is 1. The lowest BCUT2D eigenvalue weighted by Crippen LogP contribution is -2.40. The maximum atomic E-state index is 12.2. The summed E-state index contributed by atoms with van der Waals surface area (Å²) in [6, 6.07) is 11.6. The molecule has 2 aromatic rings. The zero-order chi connectivity index (χ0) is 17.6. The Kier molecular flexibility index (Phi) is 6.16. The van der Waals surface area contributed by atoms with Crippen molar-refractivity contribution in [3.8, 4) is 0 Å². The molecule has 1 aliphatic rings. The van der Waals surface area contributed by atoms with Gasteiger partial charge >= 0.3 is 0 Å². The van der Waals surface area contributed by atoms with Gasteiger partial charge in [-0.25, -0.2) is 0 Å². The Hall–Kier alpha value is -1.78. The molecule has 1 fully saturated rings. The van der Waals surface area contributed by atoms with E-state index in [1.165, 1.54) is 5.56 Å². The van der Waals surface area contributed by atoms with E-state index >= 15 is 0 Å². The fraction of sp³-hybridized carbons (Fsp3) is 0.450. The van der Waals surface area contributed by atoms with E-state index in [-0.39, 0.29) is 5.91 Å². The van der Waals surface area contributed by atoms with E-state index in [1.54, 1.807) is 23.3 Å². The summed E-state index contributed by atoms with van der Waals surface area (Å²) in [4.78, 5) is 16.5. The smallest absolute Gasteiger partial charge is 0.289 e. The Morgan fingerprint density at radius 2 is 1.96 bits per heavy atom. The van der Waals surface area contributed by atoms with Crippen LogP contribution in [0.3, 0.4) is 0 Å². The number of nitrogens with zero attached hydrogens (tertiary/aromatic N) is 2. The quantitative estimate of drug-likeness (QED) is 0.782. The predicted octanol–water partition coefficient (Wildman–Crippen LogP) is 3.96. The molecule has 1 aromatic heterocycles. The molecule has 0 radical (unpaired) electrons. The van der Waals surface area contributed by atoms with Gasteiger partial charge in [0.1, 0.15) is 0 Å². The highest BCUT2D eigenvalue weighted by Crippen LogP contribution is 2.19. The first kappa shape index (κ1) is 18.0. The van der Waals surface area contributed by atoms with E-state index in [9.17, 15) is 4.79 Å². The van der Waals surface area contributed by atoms with Crippen LogP contribution in [0, 0.1) is 5.92 Å². The monoisotopic (exact) mass is 360 g/mol. The molecule has 25 heavy (non-hydrogen) atoms. The minimum atomic E-state index is -0.0323. The Morgan fingerprint density at radius 1 is 1.24 bits per heavy atom.